The molecule has 30 heavy (non-hydrogen) atoms. The van der Waals surface area contributed by atoms with E-state index in [0.717, 1.165) is 49.2 Å². The molecule has 1 aliphatic carbocycles. The first kappa shape index (κ1) is 20.1. The summed E-state index contributed by atoms with van der Waals surface area (Å²) in [6, 6.07) is 6.66. The van der Waals surface area contributed by atoms with Gasteiger partial charge < -0.3 is 22.1 Å². The number of nitrogens with zero attached hydrogens (tertiary/aromatic N) is 3. The Balaban J connectivity index is 1.68. The zero-order valence-electron chi connectivity index (χ0n) is 16.9. The van der Waals surface area contributed by atoms with Crippen molar-refractivity contribution in [3.63, 3.8) is 0 Å². The number of hydrogen-bond donors (Lipinski definition) is 4. The van der Waals surface area contributed by atoms with Crippen molar-refractivity contribution in [3.8, 4) is 0 Å². The van der Waals surface area contributed by atoms with Crippen molar-refractivity contribution in [2.24, 2.45) is 11.5 Å². The van der Waals surface area contributed by atoms with Crippen LogP contribution >= 0.6 is 0 Å². The number of benzene rings is 1. The number of rotatable bonds is 6. The molecule has 4 rings (SSSR count). The summed E-state index contributed by atoms with van der Waals surface area (Å²) in [5, 5.41) is 11.6. The minimum Gasteiger partial charge on any atom is -0.365 e. The predicted octanol–water partition coefficient (Wildman–Crippen LogP) is 3.11. The molecule has 1 aromatic carbocycles. The van der Waals surface area contributed by atoms with Gasteiger partial charge in [-0.05, 0) is 44.0 Å². The molecule has 0 aliphatic heterocycles. The highest BCUT2D eigenvalue weighted by Crippen LogP contribution is 2.28. The van der Waals surface area contributed by atoms with Crippen LogP contribution in [0.5, 0.6) is 0 Å². The summed E-state index contributed by atoms with van der Waals surface area (Å²) in [5.74, 6) is -1.14. The van der Waals surface area contributed by atoms with Gasteiger partial charge in [-0.25, -0.2) is 9.37 Å². The highest BCUT2D eigenvalue weighted by molar-refractivity contribution is 5.99. The summed E-state index contributed by atoms with van der Waals surface area (Å²) < 4.78 is 16.5. The average Bonchev–Trinajstić information content (AvgIpc) is 3.14. The van der Waals surface area contributed by atoms with Crippen LogP contribution in [0.4, 0.5) is 21.7 Å². The molecular formula is C21H26FN7O. The van der Waals surface area contributed by atoms with E-state index >= 15 is 0 Å². The van der Waals surface area contributed by atoms with Crippen LogP contribution in [-0.2, 0) is 6.54 Å². The molecule has 0 unspecified atom stereocenters. The van der Waals surface area contributed by atoms with Gasteiger partial charge in [-0.3, -0.25) is 9.48 Å². The van der Waals surface area contributed by atoms with Crippen molar-refractivity contribution in [2.45, 2.75) is 51.2 Å². The van der Waals surface area contributed by atoms with Gasteiger partial charge in [0, 0.05) is 29.7 Å². The van der Waals surface area contributed by atoms with Gasteiger partial charge in [0.2, 0.25) is 0 Å². The van der Waals surface area contributed by atoms with Crippen molar-refractivity contribution in [3.05, 3.63) is 41.8 Å². The number of anilines is 3. The van der Waals surface area contributed by atoms with Crippen molar-refractivity contribution < 1.29 is 9.18 Å². The number of halogens is 1. The normalized spacial score (nSPS) is 19.0. The number of primary amides is 1. The molecule has 3 aromatic rings. The largest absolute Gasteiger partial charge is 0.365 e. The molecule has 1 aliphatic rings. The van der Waals surface area contributed by atoms with Crippen molar-refractivity contribution in [1.29, 1.82) is 0 Å². The molecule has 2 aromatic heterocycles. The fraction of sp³-hybridized carbons (Fsp3) is 0.381. The van der Waals surface area contributed by atoms with Gasteiger partial charge in [0.15, 0.2) is 11.6 Å². The van der Waals surface area contributed by atoms with Crippen LogP contribution in [0.25, 0.3) is 10.9 Å². The Bertz CT molecular complexity index is 1080. The molecule has 1 fully saturated rings. The van der Waals surface area contributed by atoms with E-state index in [4.69, 9.17) is 11.5 Å². The van der Waals surface area contributed by atoms with E-state index in [1.165, 1.54) is 0 Å². The summed E-state index contributed by atoms with van der Waals surface area (Å²) in [4.78, 5) is 16.3. The van der Waals surface area contributed by atoms with Crippen LogP contribution in [0.3, 0.4) is 0 Å². The second-order valence-electron chi connectivity index (χ2n) is 7.64. The van der Waals surface area contributed by atoms with Crippen LogP contribution in [0.15, 0.2) is 30.5 Å². The molecule has 158 valence electrons. The summed E-state index contributed by atoms with van der Waals surface area (Å²) >= 11 is 0. The number of amides is 1. The Kier molecular flexibility index (Phi) is 5.54. The van der Waals surface area contributed by atoms with E-state index in [1.807, 2.05) is 29.8 Å². The summed E-state index contributed by atoms with van der Waals surface area (Å²) in [5.41, 5.74) is 13.3. The lowest BCUT2D eigenvalue weighted by atomic mass is 9.91. The van der Waals surface area contributed by atoms with E-state index in [1.54, 1.807) is 6.20 Å². The summed E-state index contributed by atoms with van der Waals surface area (Å²) in [7, 11) is 0. The highest BCUT2D eigenvalue weighted by atomic mass is 19.1. The molecule has 8 nitrogen and oxygen atoms in total. The standard InChI is InChI=1S/C21H26FN7O/c1-2-29-18-9-13(8-7-12(18)11-25-29)26-20-14(19(24)30)10-15(22)21(28-20)27-17-6-4-3-5-16(17)23/h7-11,16-17H,2-6,23H2,1H3,(H2,24,30)(H2,26,27,28)/t16-,17+/m0/s1. The number of aromatic nitrogens is 3. The Hall–Kier alpha value is -3.20. The van der Waals surface area contributed by atoms with E-state index in [-0.39, 0.29) is 29.3 Å². The maximum absolute atomic E-state index is 14.7. The van der Waals surface area contributed by atoms with Crippen LogP contribution < -0.4 is 22.1 Å². The number of carbonyl (C=O) groups excluding carboxylic acids is 1. The Labute approximate surface area is 173 Å². The van der Waals surface area contributed by atoms with Gasteiger partial charge >= 0.3 is 0 Å². The number of hydrogen-bond acceptors (Lipinski definition) is 6. The van der Waals surface area contributed by atoms with E-state index in [9.17, 15) is 9.18 Å². The summed E-state index contributed by atoms with van der Waals surface area (Å²) in [6.45, 7) is 2.73. The fourth-order valence-corrected chi connectivity index (χ4v) is 3.92. The lowest BCUT2D eigenvalue weighted by Crippen LogP contribution is -2.43. The maximum Gasteiger partial charge on any atom is 0.252 e. The van der Waals surface area contributed by atoms with Gasteiger partial charge in [0.1, 0.15) is 5.82 Å². The molecule has 1 amide bonds. The number of nitrogens with two attached hydrogens (primary N) is 2. The van der Waals surface area contributed by atoms with E-state index in [0.29, 0.717) is 5.69 Å². The third-order valence-corrected chi connectivity index (χ3v) is 5.59. The zero-order valence-corrected chi connectivity index (χ0v) is 16.9. The Morgan fingerprint density at radius 1 is 1.27 bits per heavy atom. The number of fused-ring (bicyclic) bond motifs is 1. The molecule has 0 radical (unpaired) electrons. The van der Waals surface area contributed by atoms with Gasteiger partial charge in [-0.15, -0.1) is 0 Å². The number of nitrogens with one attached hydrogen (secondary N) is 2. The van der Waals surface area contributed by atoms with Crippen LogP contribution in [-0.4, -0.2) is 32.8 Å². The highest BCUT2D eigenvalue weighted by Gasteiger charge is 2.24. The lowest BCUT2D eigenvalue weighted by Gasteiger charge is -2.30. The molecule has 2 atom stereocenters. The molecule has 2 heterocycles. The monoisotopic (exact) mass is 411 g/mol. The third-order valence-electron chi connectivity index (χ3n) is 5.59. The van der Waals surface area contributed by atoms with Gasteiger partial charge in [-0.1, -0.05) is 12.8 Å². The maximum atomic E-state index is 14.7. The molecule has 9 heteroatoms. The SMILES string of the molecule is CCn1ncc2ccc(Nc3nc(N[C@@H]4CCCC[C@@H]4N)c(F)cc3C(N)=O)cc21. The first-order valence-electron chi connectivity index (χ1n) is 10.2. The van der Waals surface area contributed by atoms with Crippen molar-refractivity contribution in [2.75, 3.05) is 10.6 Å². The fourth-order valence-electron chi connectivity index (χ4n) is 3.92. The van der Waals surface area contributed by atoms with Crippen LogP contribution in [0, 0.1) is 5.82 Å². The Morgan fingerprint density at radius 2 is 2.07 bits per heavy atom. The van der Waals surface area contributed by atoms with Crippen LogP contribution in [0.2, 0.25) is 0 Å². The van der Waals surface area contributed by atoms with Crippen molar-refractivity contribution >= 4 is 34.1 Å². The number of pyridine rings is 1. The van der Waals surface area contributed by atoms with E-state index in [2.05, 4.69) is 20.7 Å². The number of aryl methyl sites for hydroxylation is 1. The molecule has 0 saturated heterocycles. The van der Waals surface area contributed by atoms with Crippen LogP contribution in [0.1, 0.15) is 43.0 Å². The molecular weight excluding hydrogens is 385 g/mol. The first-order chi connectivity index (χ1) is 14.5. The molecule has 1 saturated carbocycles. The summed E-state index contributed by atoms with van der Waals surface area (Å²) in [6.07, 6.45) is 5.63. The second kappa shape index (κ2) is 8.27. The lowest BCUT2D eigenvalue weighted by molar-refractivity contribution is 0.100. The minimum atomic E-state index is -0.760. The van der Waals surface area contributed by atoms with Gasteiger partial charge in [0.05, 0.1) is 17.3 Å². The predicted molar refractivity (Wildman–Crippen MR) is 115 cm³/mol. The smallest absolute Gasteiger partial charge is 0.252 e. The topological polar surface area (TPSA) is 124 Å². The van der Waals surface area contributed by atoms with E-state index < -0.39 is 11.7 Å². The minimum absolute atomic E-state index is 0.0184. The Morgan fingerprint density at radius 3 is 2.80 bits per heavy atom. The third kappa shape index (κ3) is 3.93. The quantitative estimate of drug-likeness (QED) is 0.494. The second-order valence-corrected chi connectivity index (χ2v) is 7.64. The van der Waals surface area contributed by atoms with Gasteiger partial charge in [-0.2, -0.15) is 5.10 Å². The zero-order chi connectivity index (χ0) is 21.3. The molecule has 6 N–H and O–H groups in total. The van der Waals surface area contributed by atoms with Crippen molar-refractivity contribution in [1.82, 2.24) is 14.8 Å². The average molecular weight is 411 g/mol. The molecule has 0 spiro atoms. The first-order valence-corrected chi connectivity index (χ1v) is 10.2. The molecule has 0 bridgehead atoms. The van der Waals surface area contributed by atoms with Gasteiger partial charge in [0.25, 0.3) is 5.91 Å². The number of carbonyl (C=O) groups is 1.